The van der Waals surface area contributed by atoms with Gasteiger partial charge in [-0.3, -0.25) is 4.55 Å². The number of fused-ring (bicyclic) bond motifs is 2. The first kappa shape index (κ1) is 25.9. The zero-order chi connectivity index (χ0) is 25.2. The number of hydrogen-bond acceptors (Lipinski definition) is 9. The van der Waals surface area contributed by atoms with E-state index in [-0.39, 0.29) is 18.6 Å². The van der Waals surface area contributed by atoms with Crippen LogP contribution in [0.25, 0.3) is 16.3 Å². The molecule has 1 aliphatic heterocycles. The Balaban J connectivity index is 1.71. The molecule has 0 radical (unpaired) electrons. The van der Waals surface area contributed by atoms with E-state index in [0.717, 1.165) is 30.8 Å². The van der Waals surface area contributed by atoms with Gasteiger partial charge in [-0.1, -0.05) is 35.2 Å². The van der Waals surface area contributed by atoms with Gasteiger partial charge in [0.1, 0.15) is 10.4 Å². The predicted octanol–water partition coefficient (Wildman–Crippen LogP) is 3.32. The first-order valence-electron chi connectivity index (χ1n) is 10.7. The Labute approximate surface area is 212 Å². The molecular weight excluding hydrogens is 533 g/mol. The van der Waals surface area contributed by atoms with Crippen molar-refractivity contribution in [2.45, 2.75) is 24.3 Å². The maximum absolute atomic E-state index is 11.2. The van der Waals surface area contributed by atoms with Gasteiger partial charge in [0, 0.05) is 35.7 Å². The number of rotatable bonds is 10. The predicted molar refractivity (Wildman–Crippen MR) is 136 cm³/mol. The Morgan fingerprint density at radius 2 is 1.89 bits per heavy atom. The molecule has 0 aliphatic carbocycles. The van der Waals surface area contributed by atoms with Crippen molar-refractivity contribution in [3.8, 4) is 5.75 Å². The molecule has 1 N–H and O–H groups in total. The molecule has 13 heteroatoms. The highest BCUT2D eigenvalue weighted by molar-refractivity contribution is 8.04. The number of aryl methyl sites for hydroxylation is 1. The average Bonchev–Trinajstić information content (AvgIpc) is 3.29. The van der Waals surface area contributed by atoms with Crippen molar-refractivity contribution in [1.82, 2.24) is 0 Å². The summed E-state index contributed by atoms with van der Waals surface area (Å²) in [6.45, 7) is 0.719. The smallest absolute Gasteiger partial charge is 0.265 e. The van der Waals surface area contributed by atoms with Crippen LogP contribution in [0.2, 0.25) is 0 Å². The number of para-hydroxylation sites is 1. The molecule has 9 nitrogen and oxygen atoms in total. The van der Waals surface area contributed by atoms with Gasteiger partial charge in [-0.25, -0.2) is 8.42 Å². The molecule has 4 rings (SSSR count). The van der Waals surface area contributed by atoms with Crippen LogP contribution in [0.4, 0.5) is 5.69 Å². The fraction of sp³-hybridized carbons (Fsp3) is 0.318. The molecule has 188 valence electrons. The van der Waals surface area contributed by atoms with Crippen LogP contribution in [0, 0.1) is 0 Å². The minimum absolute atomic E-state index is 0.168. The third-order valence-electron chi connectivity index (χ3n) is 5.38. The Kier molecular flexibility index (Phi) is 7.74. The SMILES string of the molecule is COc1ccc2c(c1)N(CCCS(=O)(=O)[O-])/C(=C/c1sc3ccccc3[n+]1CCCS(=O)(=O)O)S2. The van der Waals surface area contributed by atoms with E-state index in [9.17, 15) is 21.4 Å². The van der Waals surface area contributed by atoms with Crippen LogP contribution in [0.15, 0.2) is 52.4 Å². The number of anilines is 1. The number of nitrogens with zero attached hydrogens (tertiary/aromatic N) is 2. The van der Waals surface area contributed by atoms with Gasteiger partial charge in [0.2, 0.25) is 5.52 Å². The van der Waals surface area contributed by atoms with Gasteiger partial charge in [-0.15, -0.1) is 0 Å². The van der Waals surface area contributed by atoms with Crippen molar-refractivity contribution >= 4 is 65.3 Å². The summed E-state index contributed by atoms with van der Waals surface area (Å²) in [5.74, 6) is -0.135. The Morgan fingerprint density at radius 3 is 2.60 bits per heavy atom. The van der Waals surface area contributed by atoms with E-state index in [0.29, 0.717) is 18.8 Å². The first-order valence-corrected chi connectivity index (χ1v) is 15.5. The lowest BCUT2D eigenvalue weighted by molar-refractivity contribution is -0.668. The lowest BCUT2D eigenvalue weighted by Crippen LogP contribution is -2.36. The molecule has 35 heavy (non-hydrogen) atoms. The molecule has 0 spiro atoms. The zero-order valence-electron chi connectivity index (χ0n) is 18.8. The summed E-state index contributed by atoms with van der Waals surface area (Å²) in [7, 11) is -6.82. The minimum Gasteiger partial charge on any atom is -0.748 e. The van der Waals surface area contributed by atoms with Crippen LogP contribution in [0.1, 0.15) is 17.8 Å². The molecule has 0 atom stereocenters. The molecule has 0 amide bonds. The Hall–Kier alpha value is -2.16. The normalized spacial score (nSPS) is 15.2. The Bertz CT molecular complexity index is 1480. The number of thioether (sulfide) groups is 1. The molecule has 0 bridgehead atoms. The fourth-order valence-corrected chi connectivity index (χ4v) is 7.13. The number of thiazole rings is 1. The van der Waals surface area contributed by atoms with Crippen LogP contribution < -0.4 is 14.2 Å². The number of methoxy groups -OCH3 is 1. The van der Waals surface area contributed by atoms with Crippen LogP contribution >= 0.6 is 23.1 Å². The van der Waals surface area contributed by atoms with Gasteiger partial charge in [0.15, 0.2) is 6.54 Å². The van der Waals surface area contributed by atoms with Crippen LogP contribution in [-0.4, -0.2) is 51.1 Å². The average molecular weight is 557 g/mol. The van der Waals surface area contributed by atoms with Crippen molar-refractivity contribution in [1.29, 1.82) is 0 Å². The molecule has 2 aromatic carbocycles. The van der Waals surface area contributed by atoms with Crippen LogP contribution in [0.3, 0.4) is 0 Å². The van der Waals surface area contributed by atoms with Crippen molar-refractivity contribution in [3.63, 3.8) is 0 Å². The maximum atomic E-state index is 11.2. The van der Waals surface area contributed by atoms with E-state index in [1.807, 2.05) is 58.0 Å². The monoisotopic (exact) mass is 556 g/mol. The minimum atomic E-state index is -4.33. The molecule has 0 fully saturated rings. The highest BCUT2D eigenvalue weighted by Gasteiger charge is 2.28. The molecule has 0 unspecified atom stereocenters. The Morgan fingerprint density at radius 1 is 1.11 bits per heavy atom. The molecule has 3 aromatic rings. The highest BCUT2D eigenvalue weighted by atomic mass is 32.2. The second-order valence-corrected chi connectivity index (χ2v) is 13.1. The molecular formula is C22H24N2O7S4. The molecule has 1 aliphatic rings. The number of aromatic nitrogens is 1. The standard InChI is InChI=1S/C22H24N2O7S4/c1-31-16-8-9-20-18(14-16)24(11-5-13-35(28,29)30)22(33-20)15-21-23(10-4-12-34(25,26)27)17-6-2-3-7-19(17)32-21/h2-3,6-9,14-15H,4-5,10-13H2,1H3,(H-,25,26,27,28,29,30). The second-order valence-electron chi connectivity index (χ2n) is 7.88. The topological polar surface area (TPSA) is 128 Å². The summed E-state index contributed by atoms with van der Waals surface area (Å²) < 4.78 is 73.5. The zero-order valence-corrected chi connectivity index (χ0v) is 22.1. The summed E-state index contributed by atoms with van der Waals surface area (Å²) in [6.07, 6.45) is 2.40. The van der Waals surface area contributed by atoms with E-state index < -0.39 is 26.0 Å². The van der Waals surface area contributed by atoms with E-state index in [4.69, 9.17) is 9.29 Å². The molecule has 0 saturated heterocycles. The number of ether oxygens (including phenoxy) is 1. The van der Waals surface area contributed by atoms with Crippen molar-refractivity contribution in [2.24, 2.45) is 0 Å². The summed E-state index contributed by atoms with van der Waals surface area (Å²) in [5, 5.41) is 1.73. The van der Waals surface area contributed by atoms with Gasteiger partial charge in [-0.2, -0.15) is 13.0 Å². The van der Waals surface area contributed by atoms with Crippen LogP contribution in [0.5, 0.6) is 5.75 Å². The summed E-state index contributed by atoms with van der Waals surface area (Å²) in [6, 6.07) is 13.4. The van der Waals surface area contributed by atoms with E-state index in [1.54, 1.807) is 18.4 Å². The third-order valence-corrected chi connectivity index (χ3v) is 9.20. The van der Waals surface area contributed by atoms with Gasteiger partial charge >= 0.3 is 0 Å². The lowest BCUT2D eigenvalue weighted by atomic mass is 10.2. The van der Waals surface area contributed by atoms with E-state index in [1.165, 1.54) is 11.8 Å². The summed E-state index contributed by atoms with van der Waals surface area (Å²) in [4.78, 5) is 2.95. The number of benzene rings is 2. The first-order chi connectivity index (χ1) is 16.5. The fourth-order valence-electron chi connectivity index (χ4n) is 3.85. The van der Waals surface area contributed by atoms with E-state index in [2.05, 4.69) is 0 Å². The summed E-state index contributed by atoms with van der Waals surface area (Å²) in [5.41, 5.74) is 1.81. The molecule has 0 saturated carbocycles. The van der Waals surface area contributed by atoms with Crippen molar-refractivity contribution in [3.05, 3.63) is 52.5 Å². The molecule has 2 heterocycles. The second kappa shape index (κ2) is 10.4. The largest absolute Gasteiger partial charge is 0.748 e. The van der Waals surface area contributed by atoms with Crippen LogP contribution in [-0.2, 0) is 26.8 Å². The van der Waals surface area contributed by atoms with Gasteiger partial charge < -0.3 is 14.2 Å². The molecule has 1 aromatic heterocycles. The van der Waals surface area contributed by atoms with Gasteiger partial charge in [0.25, 0.3) is 15.1 Å². The van der Waals surface area contributed by atoms with Gasteiger partial charge in [-0.05, 0) is 24.6 Å². The summed E-state index contributed by atoms with van der Waals surface area (Å²) >= 11 is 3.07. The maximum Gasteiger partial charge on any atom is 0.265 e. The highest BCUT2D eigenvalue weighted by Crippen LogP contribution is 2.48. The third kappa shape index (κ3) is 6.54. The van der Waals surface area contributed by atoms with Gasteiger partial charge in [0.05, 0.1) is 39.8 Å². The quantitative estimate of drug-likeness (QED) is 0.295. The van der Waals surface area contributed by atoms with E-state index >= 15 is 0 Å². The number of hydrogen-bond donors (Lipinski definition) is 1. The lowest BCUT2D eigenvalue weighted by Gasteiger charge is -2.21. The van der Waals surface area contributed by atoms with Crippen molar-refractivity contribution < 1.29 is 35.2 Å². The van der Waals surface area contributed by atoms with Crippen molar-refractivity contribution in [2.75, 3.05) is 30.1 Å².